The topological polar surface area (TPSA) is 125 Å². The fraction of sp³-hybridized carbons (Fsp3) is 0.606. The van der Waals surface area contributed by atoms with E-state index in [0.29, 0.717) is 56.3 Å². The van der Waals surface area contributed by atoms with Crippen LogP contribution in [0, 0.1) is 5.92 Å². The van der Waals surface area contributed by atoms with Gasteiger partial charge in [-0.25, -0.2) is 19.6 Å². The van der Waals surface area contributed by atoms with E-state index in [1.807, 2.05) is 13.8 Å². The molecule has 1 aromatic carbocycles. The number of benzene rings is 1. The van der Waals surface area contributed by atoms with Gasteiger partial charge in [0.05, 0.1) is 41.7 Å². The number of cyclic esters (lactones) is 1. The van der Waals surface area contributed by atoms with Gasteiger partial charge in [-0.15, -0.1) is 0 Å². The van der Waals surface area contributed by atoms with E-state index in [0.717, 1.165) is 0 Å². The van der Waals surface area contributed by atoms with Gasteiger partial charge in [-0.05, 0) is 75.1 Å². The summed E-state index contributed by atoms with van der Waals surface area (Å²) < 4.78 is 93.5. The van der Waals surface area contributed by atoms with Gasteiger partial charge in [-0.3, -0.25) is 9.69 Å². The van der Waals surface area contributed by atoms with Gasteiger partial charge in [-0.2, -0.15) is 26.3 Å². The van der Waals surface area contributed by atoms with Crippen molar-refractivity contribution in [2.45, 2.75) is 108 Å². The van der Waals surface area contributed by atoms with Gasteiger partial charge in [0, 0.05) is 24.7 Å². The molecule has 0 radical (unpaired) electrons. The number of halogens is 6. The average molecular weight is 716 g/mol. The number of nitrogens with zero attached hydrogens (tertiary/aromatic N) is 5. The summed E-state index contributed by atoms with van der Waals surface area (Å²) in [7, 11) is 0. The first-order chi connectivity index (χ1) is 23.6. The molecule has 1 unspecified atom stereocenters. The van der Waals surface area contributed by atoms with Crippen LogP contribution in [0.15, 0.2) is 30.6 Å². The molecule has 3 aliphatic rings. The van der Waals surface area contributed by atoms with Crippen LogP contribution in [-0.4, -0.2) is 75.5 Å². The van der Waals surface area contributed by atoms with Crippen molar-refractivity contribution in [2.75, 3.05) is 23.0 Å². The normalized spacial score (nSPS) is 24.6. The molecule has 0 spiro atoms. The number of carbonyl (C=O) groups excluding carboxylic acids is 2. The number of aromatic nitrogens is 2. The van der Waals surface area contributed by atoms with Crippen molar-refractivity contribution < 1.29 is 55.3 Å². The Hall–Kier alpha value is -4.31. The number of anilines is 2. The minimum Gasteiger partial charge on any atom is -0.481 e. The third-order valence-corrected chi connectivity index (χ3v) is 9.71. The number of hydrogen-bond acceptors (Lipinski definition) is 8. The van der Waals surface area contributed by atoms with Crippen molar-refractivity contribution >= 4 is 29.8 Å². The monoisotopic (exact) mass is 715 g/mol. The predicted octanol–water partition coefficient (Wildman–Crippen LogP) is 7.28. The lowest BCUT2D eigenvalue weighted by Crippen LogP contribution is -2.57. The van der Waals surface area contributed by atoms with Gasteiger partial charge in [0.25, 0.3) is 0 Å². The molecule has 1 N–H and O–H groups in total. The second-order valence-electron chi connectivity index (χ2n) is 12.9. The molecule has 3 heterocycles. The first-order valence-corrected chi connectivity index (χ1v) is 16.6. The number of amides is 2. The minimum atomic E-state index is -5.04. The Labute approximate surface area is 284 Å². The largest absolute Gasteiger partial charge is 0.481 e. The van der Waals surface area contributed by atoms with E-state index < -0.39 is 78.3 Å². The van der Waals surface area contributed by atoms with E-state index in [9.17, 15) is 45.8 Å². The third-order valence-electron chi connectivity index (χ3n) is 9.71. The average Bonchev–Trinajstić information content (AvgIpc) is 3.51. The zero-order chi connectivity index (χ0) is 36.4. The predicted molar refractivity (Wildman–Crippen MR) is 166 cm³/mol. The summed E-state index contributed by atoms with van der Waals surface area (Å²) >= 11 is 0. The van der Waals surface area contributed by atoms with Crippen LogP contribution in [0.1, 0.15) is 81.9 Å². The Balaban J connectivity index is 1.45. The highest BCUT2D eigenvalue weighted by atomic mass is 19.4. The second-order valence-corrected chi connectivity index (χ2v) is 12.9. The molecule has 3 fully saturated rings. The number of carbonyl (C=O) groups is 3. The number of rotatable bonds is 9. The van der Waals surface area contributed by atoms with Gasteiger partial charge in [-0.1, -0.05) is 13.8 Å². The highest BCUT2D eigenvalue weighted by Gasteiger charge is 2.43. The number of aliphatic carboxylic acids is 1. The van der Waals surface area contributed by atoms with Crippen LogP contribution in [-0.2, 0) is 33.2 Å². The van der Waals surface area contributed by atoms with Gasteiger partial charge in [0.15, 0.2) is 0 Å². The number of carboxylic acid groups (broad SMARTS) is 1. The molecule has 2 aromatic rings. The minimum absolute atomic E-state index is 0.0215. The van der Waals surface area contributed by atoms with E-state index in [4.69, 9.17) is 9.47 Å². The molecule has 2 aliphatic heterocycles. The quantitative estimate of drug-likeness (QED) is 0.267. The van der Waals surface area contributed by atoms with Crippen LogP contribution in [0.3, 0.4) is 0 Å². The van der Waals surface area contributed by atoms with Crippen LogP contribution in [0.25, 0.3) is 0 Å². The molecule has 274 valence electrons. The third kappa shape index (κ3) is 8.34. The Kier molecular flexibility index (Phi) is 11.0. The molecule has 5 rings (SSSR count). The van der Waals surface area contributed by atoms with E-state index in [1.165, 1.54) is 17.3 Å². The Morgan fingerprint density at radius 1 is 0.940 bits per heavy atom. The highest BCUT2D eigenvalue weighted by molar-refractivity contribution is 5.88. The molecule has 3 atom stereocenters. The summed E-state index contributed by atoms with van der Waals surface area (Å²) in [6.07, 6.45) is -5.86. The zero-order valence-electron chi connectivity index (χ0n) is 27.5. The zero-order valence-corrected chi connectivity index (χ0v) is 27.5. The molecule has 50 heavy (non-hydrogen) atoms. The number of ether oxygens (including phenoxy) is 2. The van der Waals surface area contributed by atoms with E-state index in [1.54, 1.807) is 9.80 Å². The maximum atomic E-state index is 13.8. The highest BCUT2D eigenvalue weighted by Crippen LogP contribution is 2.39. The van der Waals surface area contributed by atoms with Gasteiger partial charge >= 0.3 is 30.5 Å². The first-order valence-electron chi connectivity index (χ1n) is 16.6. The fourth-order valence-electron chi connectivity index (χ4n) is 7.06. The van der Waals surface area contributed by atoms with Crippen molar-refractivity contribution in [3.8, 4) is 0 Å². The Morgan fingerprint density at radius 3 is 1.96 bits per heavy atom. The van der Waals surface area contributed by atoms with Gasteiger partial charge < -0.3 is 24.4 Å². The standard InChI is InChI=1S/C33H39F6N5O6/c1-3-23-14-25(15-24(4-2)44(23)31(48)50-27-7-5-20(6-8-27)28(45)46)43(29-40-16-26(17-41-29)42-9-10-49-30(42)47)18-19-11-21(32(34,35)36)13-22(12-19)33(37,38)39/h11-13,16-17,20,23-25,27H,3-10,14-15,18H2,1-2H3,(H,45,46)/t20?,23-,24+,25?,27?. The number of carboxylic acids is 1. The van der Waals surface area contributed by atoms with Gasteiger partial charge in [0.1, 0.15) is 12.7 Å². The second kappa shape index (κ2) is 14.9. The molecule has 1 aromatic heterocycles. The number of likely N-dealkylation sites (tertiary alicyclic amines) is 1. The van der Waals surface area contributed by atoms with Crippen LogP contribution >= 0.6 is 0 Å². The van der Waals surface area contributed by atoms with Crippen molar-refractivity contribution in [3.05, 3.63) is 47.3 Å². The molecule has 11 nitrogen and oxygen atoms in total. The smallest absolute Gasteiger partial charge is 0.416 e. The lowest BCUT2D eigenvalue weighted by Gasteiger charge is -2.47. The summed E-state index contributed by atoms with van der Waals surface area (Å²) in [4.78, 5) is 50.4. The number of alkyl halides is 6. The van der Waals surface area contributed by atoms with Crippen LogP contribution < -0.4 is 9.80 Å². The summed E-state index contributed by atoms with van der Waals surface area (Å²) in [5.74, 6) is -1.34. The molecule has 17 heteroatoms. The van der Waals surface area contributed by atoms with Crippen molar-refractivity contribution in [1.29, 1.82) is 0 Å². The molecule has 1 saturated carbocycles. The summed E-state index contributed by atoms with van der Waals surface area (Å²) in [5.41, 5.74) is -2.84. The van der Waals surface area contributed by atoms with Crippen molar-refractivity contribution in [3.63, 3.8) is 0 Å². The molecule has 0 bridgehead atoms. The lowest BCUT2D eigenvalue weighted by atomic mass is 9.87. The molecular formula is C33H39F6N5O6. The van der Waals surface area contributed by atoms with E-state index in [-0.39, 0.29) is 43.6 Å². The molecule has 2 amide bonds. The lowest BCUT2D eigenvalue weighted by molar-refractivity contribution is -0.144. The summed E-state index contributed by atoms with van der Waals surface area (Å²) in [6.45, 7) is 3.73. The van der Waals surface area contributed by atoms with E-state index in [2.05, 4.69) is 9.97 Å². The fourth-order valence-corrected chi connectivity index (χ4v) is 7.06. The SMILES string of the molecule is CC[C@@H]1CC(N(Cc2cc(C(F)(F)F)cc(C(F)(F)F)c2)c2ncc(N3CCOC3=O)cn2)C[C@H](CC)N1C(=O)OC1CCC(C(=O)O)CC1. The maximum absolute atomic E-state index is 13.8. The van der Waals surface area contributed by atoms with Crippen molar-refractivity contribution in [2.24, 2.45) is 5.92 Å². The van der Waals surface area contributed by atoms with Gasteiger partial charge in [0.2, 0.25) is 5.95 Å². The summed E-state index contributed by atoms with van der Waals surface area (Å²) in [5, 5.41) is 9.31. The Bertz CT molecular complexity index is 1490. The summed E-state index contributed by atoms with van der Waals surface area (Å²) in [6, 6.07) is 0.0946. The van der Waals surface area contributed by atoms with E-state index >= 15 is 0 Å². The maximum Gasteiger partial charge on any atom is 0.416 e. The Morgan fingerprint density at radius 2 is 1.50 bits per heavy atom. The van der Waals surface area contributed by atoms with Crippen molar-refractivity contribution in [1.82, 2.24) is 14.9 Å². The molecular weight excluding hydrogens is 676 g/mol. The van der Waals surface area contributed by atoms with Crippen LogP contribution in [0.2, 0.25) is 0 Å². The molecule has 1 aliphatic carbocycles. The van der Waals surface area contributed by atoms with Crippen LogP contribution in [0.5, 0.6) is 0 Å². The number of piperidine rings is 1. The van der Waals surface area contributed by atoms with Crippen LogP contribution in [0.4, 0.5) is 47.6 Å². The first kappa shape index (κ1) is 37.0. The number of hydrogen-bond donors (Lipinski definition) is 1. The molecule has 2 saturated heterocycles.